The molecule has 17 heavy (non-hydrogen) atoms. The molecule has 1 heterocycles. The van der Waals surface area contributed by atoms with Gasteiger partial charge in [0, 0.05) is 26.2 Å². The van der Waals surface area contributed by atoms with Crippen molar-refractivity contribution < 1.29 is 9.13 Å². The minimum atomic E-state index is -0.368. The van der Waals surface area contributed by atoms with Gasteiger partial charge in [0.2, 0.25) is 0 Å². The second-order valence-electron chi connectivity index (χ2n) is 4.21. The molecule has 0 aliphatic carbocycles. The van der Waals surface area contributed by atoms with Gasteiger partial charge in [-0.25, -0.2) is 4.39 Å². The molecular formula is C12H16ClFN2O. The molecule has 0 saturated carbocycles. The molecule has 0 bridgehead atoms. The van der Waals surface area contributed by atoms with Crippen molar-refractivity contribution in [3.05, 3.63) is 34.6 Å². The second-order valence-corrected chi connectivity index (χ2v) is 4.62. The summed E-state index contributed by atoms with van der Waals surface area (Å²) in [6, 6.07) is 4.92. The highest BCUT2D eigenvalue weighted by molar-refractivity contribution is 6.30. The maximum absolute atomic E-state index is 13.3. The van der Waals surface area contributed by atoms with Gasteiger partial charge in [-0.05, 0) is 17.7 Å². The summed E-state index contributed by atoms with van der Waals surface area (Å²) in [6.07, 6.45) is 0.0842. The van der Waals surface area contributed by atoms with Crippen LogP contribution in [0, 0.1) is 5.82 Å². The van der Waals surface area contributed by atoms with E-state index in [1.165, 1.54) is 6.07 Å². The molecule has 1 fully saturated rings. The average molecular weight is 259 g/mol. The van der Waals surface area contributed by atoms with Gasteiger partial charge < -0.3 is 10.5 Å². The molecule has 0 spiro atoms. The number of nitrogens with zero attached hydrogens (tertiary/aromatic N) is 1. The summed E-state index contributed by atoms with van der Waals surface area (Å²) in [4.78, 5) is 2.21. The molecule has 1 atom stereocenters. The fraction of sp³-hybridized carbons (Fsp3) is 0.500. The Balaban J connectivity index is 1.97. The number of benzene rings is 1. The third kappa shape index (κ3) is 3.39. The molecule has 94 valence electrons. The molecule has 1 aromatic carbocycles. The zero-order chi connectivity index (χ0) is 12.3. The lowest BCUT2D eigenvalue weighted by Gasteiger charge is -2.32. The first-order valence-electron chi connectivity index (χ1n) is 5.67. The zero-order valence-corrected chi connectivity index (χ0v) is 10.3. The first kappa shape index (κ1) is 12.8. The third-order valence-corrected chi connectivity index (χ3v) is 3.18. The van der Waals surface area contributed by atoms with Crippen molar-refractivity contribution in [2.24, 2.45) is 5.73 Å². The average Bonchev–Trinajstić information content (AvgIpc) is 2.34. The highest BCUT2D eigenvalue weighted by atomic mass is 35.5. The Labute approximate surface area is 105 Å². The van der Waals surface area contributed by atoms with Crippen molar-refractivity contribution in [3.63, 3.8) is 0 Å². The van der Waals surface area contributed by atoms with Crippen LogP contribution in [0.3, 0.4) is 0 Å². The van der Waals surface area contributed by atoms with E-state index in [2.05, 4.69) is 4.90 Å². The monoisotopic (exact) mass is 258 g/mol. The maximum Gasteiger partial charge on any atom is 0.142 e. The van der Waals surface area contributed by atoms with E-state index in [9.17, 15) is 4.39 Å². The van der Waals surface area contributed by atoms with Crippen molar-refractivity contribution in [2.45, 2.75) is 12.6 Å². The van der Waals surface area contributed by atoms with Gasteiger partial charge >= 0.3 is 0 Å². The molecule has 2 N–H and O–H groups in total. The van der Waals surface area contributed by atoms with E-state index < -0.39 is 0 Å². The van der Waals surface area contributed by atoms with Crippen molar-refractivity contribution >= 4 is 11.6 Å². The lowest BCUT2D eigenvalue weighted by atomic mass is 10.2. The van der Waals surface area contributed by atoms with E-state index in [0.717, 1.165) is 18.7 Å². The van der Waals surface area contributed by atoms with Gasteiger partial charge in [-0.1, -0.05) is 17.7 Å². The summed E-state index contributed by atoms with van der Waals surface area (Å²) in [7, 11) is 0. The Morgan fingerprint density at radius 2 is 2.35 bits per heavy atom. The molecular weight excluding hydrogens is 243 g/mol. The molecule has 0 radical (unpaired) electrons. The molecule has 0 aromatic heterocycles. The van der Waals surface area contributed by atoms with Crippen molar-refractivity contribution in [1.29, 1.82) is 0 Å². The Morgan fingerprint density at radius 3 is 3.06 bits per heavy atom. The van der Waals surface area contributed by atoms with Gasteiger partial charge in [-0.15, -0.1) is 0 Å². The van der Waals surface area contributed by atoms with Crippen LogP contribution in [0.5, 0.6) is 0 Å². The maximum atomic E-state index is 13.3. The summed E-state index contributed by atoms with van der Waals surface area (Å²) in [5.41, 5.74) is 6.49. The molecule has 3 nitrogen and oxygen atoms in total. The fourth-order valence-corrected chi connectivity index (χ4v) is 2.08. The van der Waals surface area contributed by atoms with E-state index in [0.29, 0.717) is 19.7 Å². The van der Waals surface area contributed by atoms with E-state index in [1.54, 1.807) is 6.07 Å². The van der Waals surface area contributed by atoms with Gasteiger partial charge in [-0.3, -0.25) is 4.90 Å². The third-order valence-electron chi connectivity index (χ3n) is 2.88. The van der Waals surface area contributed by atoms with Gasteiger partial charge in [0.1, 0.15) is 5.82 Å². The standard InChI is InChI=1S/C12H16ClFN2O/c13-11-2-1-9(5-12(11)14)7-16-3-4-17-10(6-15)8-16/h1-2,5,10H,3-4,6-8,15H2. The predicted molar refractivity (Wildman–Crippen MR) is 65.5 cm³/mol. The molecule has 1 aliphatic heterocycles. The SMILES string of the molecule is NCC1CN(Cc2ccc(Cl)c(F)c2)CCO1. The molecule has 1 unspecified atom stereocenters. The summed E-state index contributed by atoms with van der Waals surface area (Å²) in [6.45, 7) is 3.54. The summed E-state index contributed by atoms with van der Waals surface area (Å²) in [5, 5.41) is 0.163. The van der Waals surface area contributed by atoms with Crippen LogP contribution < -0.4 is 5.73 Å². The van der Waals surface area contributed by atoms with Gasteiger partial charge in [0.15, 0.2) is 0 Å². The molecule has 0 amide bonds. The van der Waals surface area contributed by atoms with Crippen LogP contribution >= 0.6 is 11.6 Å². The number of nitrogens with two attached hydrogens (primary N) is 1. The van der Waals surface area contributed by atoms with E-state index in [4.69, 9.17) is 22.1 Å². The molecule has 1 aromatic rings. The normalized spacial score (nSPS) is 21.7. The molecule has 1 aliphatic rings. The van der Waals surface area contributed by atoms with Crippen molar-refractivity contribution in [2.75, 3.05) is 26.2 Å². The lowest BCUT2D eigenvalue weighted by molar-refractivity contribution is -0.0260. The first-order valence-corrected chi connectivity index (χ1v) is 6.05. The fourth-order valence-electron chi connectivity index (χ4n) is 1.96. The quantitative estimate of drug-likeness (QED) is 0.896. The van der Waals surface area contributed by atoms with Crippen LogP contribution in [0.15, 0.2) is 18.2 Å². The molecule has 2 rings (SSSR count). The smallest absolute Gasteiger partial charge is 0.142 e. The predicted octanol–water partition coefficient (Wildman–Crippen LogP) is 1.64. The van der Waals surface area contributed by atoms with Crippen molar-refractivity contribution in [1.82, 2.24) is 4.90 Å². The lowest BCUT2D eigenvalue weighted by Crippen LogP contribution is -2.45. The van der Waals surface area contributed by atoms with E-state index in [1.807, 2.05) is 6.07 Å². The topological polar surface area (TPSA) is 38.5 Å². The zero-order valence-electron chi connectivity index (χ0n) is 9.53. The largest absolute Gasteiger partial charge is 0.374 e. The first-order chi connectivity index (χ1) is 8.19. The van der Waals surface area contributed by atoms with Crippen LogP contribution in [0.1, 0.15) is 5.56 Å². The number of ether oxygens (including phenoxy) is 1. The summed E-state index contributed by atoms with van der Waals surface area (Å²) in [5.74, 6) is -0.368. The van der Waals surface area contributed by atoms with Gasteiger partial charge in [0.25, 0.3) is 0 Å². The Hall–Kier alpha value is -0.680. The van der Waals surface area contributed by atoms with Crippen LogP contribution in [-0.4, -0.2) is 37.2 Å². The van der Waals surface area contributed by atoms with Crippen LogP contribution in [0.2, 0.25) is 5.02 Å². The van der Waals surface area contributed by atoms with Crippen LogP contribution in [0.4, 0.5) is 4.39 Å². The highest BCUT2D eigenvalue weighted by Crippen LogP contribution is 2.17. The number of morpholine rings is 1. The van der Waals surface area contributed by atoms with Crippen molar-refractivity contribution in [3.8, 4) is 0 Å². The van der Waals surface area contributed by atoms with E-state index >= 15 is 0 Å². The minimum absolute atomic E-state index is 0.0842. The second kappa shape index (κ2) is 5.78. The van der Waals surface area contributed by atoms with Crippen LogP contribution in [-0.2, 0) is 11.3 Å². The minimum Gasteiger partial charge on any atom is -0.374 e. The number of halogens is 2. The van der Waals surface area contributed by atoms with Gasteiger partial charge in [0.05, 0.1) is 17.7 Å². The molecule has 1 saturated heterocycles. The highest BCUT2D eigenvalue weighted by Gasteiger charge is 2.19. The Bertz CT molecular complexity index is 389. The number of hydrogen-bond donors (Lipinski definition) is 1. The van der Waals surface area contributed by atoms with E-state index in [-0.39, 0.29) is 16.9 Å². The Kier molecular flexibility index (Phi) is 4.34. The van der Waals surface area contributed by atoms with Crippen LogP contribution in [0.25, 0.3) is 0 Å². The summed E-state index contributed by atoms with van der Waals surface area (Å²) < 4.78 is 18.8. The Morgan fingerprint density at radius 1 is 1.53 bits per heavy atom. The number of rotatable bonds is 3. The summed E-state index contributed by atoms with van der Waals surface area (Å²) >= 11 is 5.64. The molecule has 5 heteroatoms. The number of hydrogen-bond acceptors (Lipinski definition) is 3. The van der Waals surface area contributed by atoms with Gasteiger partial charge in [-0.2, -0.15) is 0 Å².